The number of hydrogen-bond donors (Lipinski definition) is 1. The van der Waals surface area contributed by atoms with Crippen molar-refractivity contribution < 1.29 is 24.0 Å². The number of amides is 2. The monoisotopic (exact) mass is 425 g/mol. The maximum atomic E-state index is 12.8. The van der Waals surface area contributed by atoms with Crippen LogP contribution in [0.15, 0.2) is 48.0 Å². The lowest BCUT2D eigenvalue weighted by atomic mass is 10.1. The Morgan fingerprint density at radius 3 is 2.52 bits per heavy atom. The zero-order valence-corrected chi connectivity index (χ0v) is 17.5. The highest BCUT2D eigenvalue weighted by Gasteiger charge is 2.35. The molecule has 3 rings (SSSR count). The van der Waals surface area contributed by atoms with Crippen molar-refractivity contribution in [3.63, 3.8) is 0 Å². The fourth-order valence-electron chi connectivity index (χ4n) is 2.98. The number of hydrazine groups is 1. The van der Waals surface area contributed by atoms with Crippen LogP contribution in [-0.2, 0) is 9.59 Å². The van der Waals surface area contributed by atoms with Crippen LogP contribution in [-0.4, -0.2) is 29.4 Å². The van der Waals surface area contributed by atoms with Gasteiger partial charge in [0.15, 0.2) is 5.75 Å². The molecule has 31 heavy (non-hydrogen) atoms. The third kappa shape index (κ3) is 4.66. The molecule has 0 bridgehead atoms. The second-order valence-corrected chi connectivity index (χ2v) is 6.87. The fraction of sp³-hybridized carbons (Fsp3) is 0.273. The average molecular weight is 425 g/mol. The molecule has 2 aromatic rings. The Balaban J connectivity index is 2.04. The second kappa shape index (κ2) is 9.29. The van der Waals surface area contributed by atoms with E-state index in [1.165, 1.54) is 18.2 Å². The van der Waals surface area contributed by atoms with Gasteiger partial charge in [0, 0.05) is 6.07 Å². The molecular formula is C22H23N3O6. The first-order chi connectivity index (χ1) is 14.8. The average Bonchev–Trinajstić information content (AvgIpc) is 3.04. The third-order valence-electron chi connectivity index (χ3n) is 4.66. The van der Waals surface area contributed by atoms with Crippen molar-refractivity contribution in [1.82, 2.24) is 5.43 Å². The number of anilines is 1. The van der Waals surface area contributed by atoms with E-state index in [-0.39, 0.29) is 41.0 Å². The molecule has 0 aliphatic carbocycles. The summed E-state index contributed by atoms with van der Waals surface area (Å²) in [6, 6.07) is 11.4. The summed E-state index contributed by atoms with van der Waals surface area (Å²) in [5, 5.41) is 12.8. The van der Waals surface area contributed by atoms with Crippen LogP contribution in [0.25, 0.3) is 6.08 Å². The van der Waals surface area contributed by atoms with E-state index < -0.39 is 16.7 Å². The first-order valence-electron chi connectivity index (χ1n) is 9.89. The molecule has 1 N–H and O–H groups in total. The van der Waals surface area contributed by atoms with Crippen LogP contribution in [0.4, 0.5) is 11.4 Å². The van der Waals surface area contributed by atoms with Gasteiger partial charge in [0.2, 0.25) is 5.75 Å². The minimum absolute atomic E-state index is 0.0245. The number of rotatable bonds is 8. The van der Waals surface area contributed by atoms with Gasteiger partial charge in [-0.15, -0.1) is 0 Å². The standard InChI is InChI=1S/C22H23N3O6/c1-4-14(3)31-20-18(25(28)29)12-15(13-19(20)30-5-2)11-17-21(26)23-24(22(17)27)16-9-7-6-8-10-16/h6-14H,4-5H2,1-3H3,(H,23,26). The van der Waals surface area contributed by atoms with Gasteiger partial charge in [0.25, 0.3) is 11.8 Å². The first-order valence-corrected chi connectivity index (χ1v) is 9.89. The van der Waals surface area contributed by atoms with Crippen LogP contribution < -0.4 is 19.9 Å². The van der Waals surface area contributed by atoms with E-state index in [2.05, 4.69) is 5.43 Å². The van der Waals surface area contributed by atoms with Crippen molar-refractivity contribution in [1.29, 1.82) is 0 Å². The highest BCUT2D eigenvalue weighted by molar-refractivity contribution is 6.31. The topological polar surface area (TPSA) is 111 Å². The molecule has 9 nitrogen and oxygen atoms in total. The van der Waals surface area contributed by atoms with Crippen LogP contribution in [0.3, 0.4) is 0 Å². The molecule has 1 aliphatic heterocycles. The lowest BCUT2D eigenvalue weighted by Gasteiger charge is -2.17. The molecule has 162 valence electrons. The summed E-state index contributed by atoms with van der Waals surface area (Å²) in [7, 11) is 0. The summed E-state index contributed by atoms with van der Waals surface area (Å²) in [4.78, 5) is 36.3. The Hall–Kier alpha value is -3.88. The molecule has 1 atom stereocenters. The van der Waals surface area contributed by atoms with Gasteiger partial charge >= 0.3 is 5.69 Å². The van der Waals surface area contributed by atoms with Gasteiger partial charge in [0.1, 0.15) is 5.57 Å². The molecule has 1 unspecified atom stereocenters. The molecule has 2 aromatic carbocycles. The van der Waals surface area contributed by atoms with Gasteiger partial charge in [-0.1, -0.05) is 25.1 Å². The number of nitro groups is 1. The van der Waals surface area contributed by atoms with Crippen molar-refractivity contribution >= 4 is 29.3 Å². The van der Waals surface area contributed by atoms with E-state index in [1.807, 2.05) is 6.92 Å². The Labute approximate surface area is 179 Å². The minimum atomic E-state index is -0.602. The normalized spacial score (nSPS) is 15.7. The number of carbonyl (C=O) groups excluding carboxylic acids is 2. The van der Waals surface area contributed by atoms with Gasteiger partial charge in [-0.2, -0.15) is 0 Å². The Bertz CT molecular complexity index is 1040. The minimum Gasteiger partial charge on any atom is -0.490 e. The van der Waals surface area contributed by atoms with Gasteiger partial charge < -0.3 is 9.47 Å². The molecule has 0 spiro atoms. The summed E-state index contributed by atoms with van der Waals surface area (Å²) in [5.41, 5.74) is 2.84. The summed E-state index contributed by atoms with van der Waals surface area (Å²) in [5.74, 6) is -0.961. The van der Waals surface area contributed by atoms with Crippen LogP contribution >= 0.6 is 0 Å². The first kappa shape index (κ1) is 21.8. The predicted octanol–water partition coefficient (Wildman–Crippen LogP) is 3.63. The maximum Gasteiger partial charge on any atom is 0.315 e. The van der Waals surface area contributed by atoms with E-state index >= 15 is 0 Å². The van der Waals surface area contributed by atoms with Crippen molar-refractivity contribution in [2.75, 3.05) is 11.6 Å². The van der Waals surface area contributed by atoms with Gasteiger partial charge in [-0.3, -0.25) is 25.1 Å². The number of nitrogens with zero attached hydrogens (tertiary/aromatic N) is 2. The maximum absolute atomic E-state index is 12.8. The van der Waals surface area contributed by atoms with Crippen LogP contribution in [0.5, 0.6) is 11.5 Å². The number of nitro benzene ring substituents is 1. The molecule has 1 heterocycles. The van der Waals surface area contributed by atoms with Crippen LogP contribution in [0.1, 0.15) is 32.8 Å². The summed E-state index contributed by atoms with van der Waals surface area (Å²) in [6.45, 7) is 5.71. The largest absolute Gasteiger partial charge is 0.490 e. The molecular weight excluding hydrogens is 402 g/mol. The molecule has 9 heteroatoms. The Morgan fingerprint density at radius 2 is 1.90 bits per heavy atom. The SMILES string of the molecule is CCOc1cc(C=C2C(=O)NN(c3ccccc3)C2=O)cc([N+](=O)[O-])c1OC(C)CC. The van der Waals surface area contributed by atoms with E-state index in [0.29, 0.717) is 12.1 Å². The molecule has 1 saturated heterocycles. The molecule has 1 aliphatic rings. The number of ether oxygens (including phenoxy) is 2. The van der Waals surface area contributed by atoms with E-state index in [1.54, 1.807) is 44.2 Å². The zero-order valence-electron chi connectivity index (χ0n) is 17.5. The van der Waals surface area contributed by atoms with Gasteiger partial charge in [-0.25, -0.2) is 5.01 Å². The molecule has 0 aromatic heterocycles. The number of benzene rings is 2. The summed E-state index contributed by atoms with van der Waals surface area (Å²) < 4.78 is 11.3. The summed E-state index contributed by atoms with van der Waals surface area (Å²) in [6.07, 6.45) is 1.70. The zero-order chi connectivity index (χ0) is 22.5. The highest BCUT2D eigenvalue weighted by Crippen LogP contribution is 2.40. The Morgan fingerprint density at radius 1 is 1.19 bits per heavy atom. The van der Waals surface area contributed by atoms with Gasteiger partial charge in [-0.05, 0) is 50.1 Å². The summed E-state index contributed by atoms with van der Waals surface area (Å²) >= 11 is 0. The smallest absolute Gasteiger partial charge is 0.315 e. The van der Waals surface area contributed by atoms with E-state index in [0.717, 1.165) is 5.01 Å². The highest BCUT2D eigenvalue weighted by atomic mass is 16.6. The van der Waals surface area contributed by atoms with Crippen molar-refractivity contribution in [3.8, 4) is 11.5 Å². The number of carbonyl (C=O) groups is 2. The second-order valence-electron chi connectivity index (χ2n) is 6.87. The van der Waals surface area contributed by atoms with Crippen LogP contribution in [0, 0.1) is 10.1 Å². The lowest BCUT2D eigenvalue weighted by molar-refractivity contribution is -0.386. The Kier molecular flexibility index (Phi) is 6.54. The van der Waals surface area contributed by atoms with Crippen LogP contribution in [0.2, 0.25) is 0 Å². The molecule has 1 fully saturated rings. The van der Waals surface area contributed by atoms with E-state index in [9.17, 15) is 19.7 Å². The molecule has 0 saturated carbocycles. The third-order valence-corrected chi connectivity index (χ3v) is 4.66. The van der Waals surface area contributed by atoms with Crippen molar-refractivity contribution in [2.45, 2.75) is 33.3 Å². The molecule has 2 amide bonds. The van der Waals surface area contributed by atoms with Gasteiger partial charge in [0.05, 0.1) is 23.3 Å². The quantitative estimate of drug-likeness (QED) is 0.299. The van der Waals surface area contributed by atoms with E-state index in [4.69, 9.17) is 9.47 Å². The number of hydrogen-bond acceptors (Lipinski definition) is 6. The number of nitrogens with one attached hydrogen (secondary N) is 1. The number of para-hydroxylation sites is 1. The lowest BCUT2D eigenvalue weighted by Crippen LogP contribution is -2.35. The molecule has 0 radical (unpaired) electrons. The fourth-order valence-corrected chi connectivity index (χ4v) is 2.98. The van der Waals surface area contributed by atoms with Crippen molar-refractivity contribution in [2.24, 2.45) is 0 Å². The van der Waals surface area contributed by atoms with Crippen molar-refractivity contribution in [3.05, 3.63) is 63.7 Å². The predicted molar refractivity (Wildman–Crippen MR) is 115 cm³/mol.